The average Bonchev–Trinajstić information content (AvgIpc) is 2.54. The zero-order chi connectivity index (χ0) is 17.9. The molecular weight excluding hydrogens is 316 g/mol. The summed E-state index contributed by atoms with van der Waals surface area (Å²) in [4.78, 5) is 26.1. The monoisotopic (exact) mass is 339 g/mol. The first kappa shape index (κ1) is 18.3. The third kappa shape index (κ3) is 4.29. The van der Waals surface area contributed by atoms with Crippen molar-refractivity contribution in [3.05, 3.63) is 35.4 Å². The Labute approximate surface area is 140 Å². The molecule has 132 valence electrons. The zero-order valence-corrected chi connectivity index (χ0v) is 13.9. The van der Waals surface area contributed by atoms with Crippen molar-refractivity contribution in [3.63, 3.8) is 0 Å². The fourth-order valence-electron chi connectivity index (χ4n) is 2.66. The van der Waals surface area contributed by atoms with E-state index in [-0.39, 0.29) is 17.4 Å². The van der Waals surface area contributed by atoms with Crippen LogP contribution in [-0.4, -0.2) is 41.9 Å². The molecule has 1 heterocycles. The van der Waals surface area contributed by atoms with Crippen LogP contribution in [0, 0.1) is 17.6 Å². The van der Waals surface area contributed by atoms with Gasteiger partial charge in [0.25, 0.3) is 5.91 Å². The van der Waals surface area contributed by atoms with Crippen molar-refractivity contribution < 1.29 is 18.4 Å². The number of hydrogen-bond acceptors (Lipinski definition) is 3. The maximum absolute atomic E-state index is 13.7. The zero-order valence-electron chi connectivity index (χ0n) is 13.9. The minimum atomic E-state index is -0.871. The number of nitrogens with one attached hydrogen (secondary N) is 1. The third-order valence-corrected chi connectivity index (χ3v) is 4.29. The van der Waals surface area contributed by atoms with Gasteiger partial charge in [-0.05, 0) is 38.8 Å². The molecule has 1 aromatic carbocycles. The first-order valence-corrected chi connectivity index (χ1v) is 8.00. The highest BCUT2D eigenvalue weighted by molar-refractivity contribution is 5.94. The number of amides is 2. The van der Waals surface area contributed by atoms with E-state index >= 15 is 0 Å². The Morgan fingerprint density at radius 2 is 1.92 bits per heavy atom. The second-order valence-corrected chi connectivity index (χ2v) is 6.77. The van der Waals surface area contributed by atoms with Gasteiger partial charge in [-0.3, -0.25) is 9.59 Å². The summed E-state index contributed by atoms with van der Waals surface area (Å²) in [5.74, 6) is -2.34. The van der Waals surface area contributed by atoms with Crippen molar-refractivity contribution in [2.24, 2.45) is 11.7 Å². The van der Waals surface area contributed by atoms with Gasteiger partial charge in [0.05, 0.1) is 5.56 Å². The summed E-state index contributed by atoms with van der Waals surface area (Å²) < 4.78 is 26.7. The second-order valence-electron chi connectivity index (χ2n) is 6.77. The van der Waals surface area contributed by atoms with Gasteiger partial charge in [-0.2, -0.15) is 0 Å². The van der Waals surface area contributed by atoms with E-state index in [1.807, 2.05) is 13.8 Å². The van der Waals surface area contributed by atoms with E-state index in [2.05, 4.69) is 5.32 Å². The minimum absolute atomic E-state index is 0.0782. The predicted molar refractivity (Wildman–Crippen MR) is 86.3 cm³/mol. The molecule has 2 amide bonds. The normalized spacial score (nSPS) is 16.1. The minimum Gasteiger partial charge on any atom is -0.350 e. The molecule has 1 fully saturated rings. The molecule has 2 rings (SSSR count). The fraction of sp³-hybridized carbons (Fsp3) is 0.529. The highest BCUT2D eigenvalue weighted by Crippen LogP contribution is 2.21. The summed E-state index contributed by atoms with van der Waals surface area (Å²) in [7, 11) is 0. The molecule has 0 unspecified atom stereocenters. The molecule has 24 heavy (non-hydrogen) atoms. The Kier molecular flexibility index (Phi) is 5.54. The molecule has 0 atom stereocenters. The predicted octanol–water partition coefficient (Wildman–Crippen LogP) is 1.67. The number of benzene rings is 1. The van der Waals surface area contributed by atoms with E-state index in [0.29, 0.717) is 38.5 Å². The van der Waals surface area contributed by atoms with E-state index in [9.17, 15) is 18.4 Å². The van der Waals surface area contributed by atoms with Crippen LogP contribution in [0.2, 0.25) is 0 Å². The lowest BCUT2D eigenvalue weighted by Gasteiger charge is -2.33. The summed E-state index contributed by atoms with van der Waals surface area (Å²) in [5, 5.41) is 2.90. The van der Waals surface area contributed by atoms with Gasteiger partial charge in [0.1, 0.15) is 11.6 Å². The number of rotatable bonds is 4. The molecule has 7 heteroatoms. The van der Waals surface area contributed by atoms with Gasteiger partial charge in [0.2, 0.25) is 5.91 Å². The van der Waals surface area contributed by atoms with E-state index in [0.717, 1.165) is 12.1 Å². The molecule has 0 aliphatic carbocycles. The molecular formula is C17H23F2N3O2. The molecule has 0 bridgehead atoms. The van der Waals surface area contributed by atoms with Crippen LogP contribution in [0.25, 0.3) is 0 Å². The number of hydrogen-bond donors (Lipinski definition) is 2. The van der Waals surface area contributed by atoms with Crippen LogP contribution in [-0.2, 0) is 4.79 Å². The first-order valence-electron chi connectivity index (χ1n) is 8.00. The molecule has 1 aliphatic heterocycles. The summed E-state index contributed by atoms with van der Waals surface area (Å²) in [5.41, 5.74) is 4.98. The first-order chi connectivity index (χ1) is 11.2. The highest BCUT2D eigenvalue weighted by Gasteiger charge is 2.31. The molecule has 0 aromatic heterocycles. The topological polar surface area (TPSA) is 75.4 Å². The van der Waals surface area contributed by atoms with Gasteiger partial charge in [0.15, 0.2) is 0 Å². The summed E-state index contributed by atoms with van der Waals surface area (Å²) in [6, 6.07) is 2.91. The maximum Gasteiger partial charge on any atom is 0.256 e. The second kappa shape index (κ2) is 7.25. The van der Waals surface area contributed by atoms with Gasteiger partial charge in [0, 0.05) is 37.2 Å². The average molecular weight is 339 g/mol. The maximum atomic E-state index is 13.7. The van der Waals surface area contributed by atoms with E-state index < -0.39 is 23.1 Å². The lowest BCUT2D eigenvalue weighted by Crippen LogP contribution is -2.52. The number of nitrogens with two attached hydrogens (primary N) is 1. The highest BCUT2D eigenvalue weighted by atomic mass is 19.1. The molecule has 1 aliphatic rings. The van der Waals surface area contributed by atoms with Crippen LogP contribution < -0.4 is 11.1 Å². The van der Waals surface area contributed by atoms with Gasteiger partial charge in [-0.25, -0.2) is 8.78 Å². The Bertz CT molecular complexity index is 626. The van der Waals surface area contributed by atoms with Crippen LogP contribution in [0.1, 0.15) is 37.0 Å². The van der Waals surface area contributed by atoms with E-state index in [1.54, 1.807) is 0 Å². The quantitative estimate of drug-likeness (QED) is 0.876. The Morgan fingerprint density at radius 3 is 2.46 bits per heavy atom. The third-order valence-electron chi connectivity index (χ3n) is 4.29. The van der Waals surface area contributed by atoms with Crippen molar-refractivity contribution in [2.75, 3.05) is 19.6 Å². The van der Waals surface area contributed by atoms with Gasteiger partial charge in [-0.15, -0.1) is 0 Å². The molecule has 1 aromatic rings. The summed E-state index contributed by atoms with van der Waals surface area (Å²) >= 11 is 0. The van der Waals surface area contributed by atoms with E-state index in [1.165, 1.54) is 4.90 Å². The number of nitrogens with zero attached hydrogens (tertiary/aromatic N) is 1. The largest absolute Gasteiger partial charge is 0.350 e. The molecule has 0 saturated carbocycles. The number of piperidine rings is 1. The van der Waals surface area contributed by atoms with E-state index in [4.69, 9.17) is 5.73 Å². The van der Waals surface area contributed by atoms with Crippen LogP contribution in [0.15, 0.2) is 18.2 Å². The van der Waals surface area contributed by atoms with Crippen LogP contribution in [0.5, 0.6) is 0 Å². The van der Waals surface area contributed by atoms with Crippen molar-refractivity contribution in [1.82, 2.24) is 10.2 Å². The van der Waals surface area contributed by atoms with Crippen LogP contribution >= 0.6 is 0 Å². The van der Waals surface area contributed by atoms with Crippen molar-refractivity contribution in [3.8, 4) is 0 Å². The van der Waals surface area contributed by atoms with Crippen LogP contribution in [0.4, 0.5) is 8.78 Å². The number of carbonyl (C=O) groups is 2. The van der Waals surface area contributed by atoms with Crippen LogP contribution in [0.3, 0.4) is 0 Å². The molecule has 0 spiro atoms. The smallest absolute Gasteiger partial charge is 0.256 e. The summed E-state index contributed by atoms with van der Waals surface area (Å²) in [6.07, 6.45) is 1.00. The molecule has 5 nitrogen and oxygen atoms in total. The Morgan fingerprint density at radius 1 is 1.29 bits per heavy atom. The van der Waals surface area contributed by atoms with Crippen molar-refractivity contribution in [1.29, 1.82) is 0 Å². The molecule has 3 N–H and O–H groups in total. The van der Waals surface area contributed by atoms with Gasteiger partial charge in [-0.1, -0.05) is 0 Å². The Balaban J connectivity index is 1.95. The number of carbonyl (C=O) groups excluding carboxylic acids is 2. The number of likely N-dealkylation sites (tertiary alicyclic amines) is 1. The molecule has 1 saturated heterocycles. The number of halogens is 2. The lowest BCUT2D eigenvalue weighted by molar-refractivity contribution is -0.127. The SMILES string of the molecule is CC(C)(CN)NC(=O)C1CCN(C(=O)c2ccc(F)cc2F)CC1. The fourth-order valence-corrected chi connectivity index (χ4v) is 2.66. The van der Waals surface area contributed by atoms with Crippen molar-refractivity contribution >= 4 is 11.8 Å². The lowest BCUT2D eigenvalue weighted by atomic mass is 9.93. The molecule has 0 radical (unpaired) electrons. The Hall–Kier alpha value is -2.02. The van der Waals surface area contributed by atoms with Gasteiger partial charge >= 0.3 is 0 Å². The summed E-state index contributed by atoms with van der Waals surface area (Å²) in [6.45, 7) is 4.75. The standard InChI is InChI=1S/C17H23F2N3O2/c1-17(2,10-20)21-15(23)11-5-7-22(8-6-11)16(24)13-4-3-12(18)9-14(13)19/h3-4,9,11H,5-8,10,20H2,1-2H3,(H,21,23). The van der Waals surface area contributed by atoms with Gasteiger partial charge < -0.3 is 16.0 Å². The van der Waals surface area contributed by atoms with Crippen molar-refractivity contribution in [2.45, 2.75) is 32.2 Å².